The molecule has 9 heteroatoms. The number of imidazole rings is 1. The lowest BCUT2D eigenvalue weighted by molar-refractivity contribution is -0.0511. The van der Waals surface area contributed by atoms with Crippen LogP contribution in [0.3, 0.4) is 0 Å². The summed E-state index contributed by atoms with van der Waals surface area (Å²) in [5.41, 5.74) is 7.53. The summed E-state index contributed by atoms with van der Waals surface area (Å²) in [5.74, 6) is 0.619. The Bertz CT molecular complexity index is 900. The first-order chi connectivity index (χ1) is 12.1. The lowest BCUT2D eigenvalue weighted by Gasteiger charge is -2.16. The van der Waals surface area contributed by atoms with Crippen LogP contribution < -0.4 is 5.73 Å². The van der Waals surface area contributed by atoms with Crippen LogP contribution >= 0.6 is 0 Å². The molecule has 0 amide bonds. The molecule has 9 nitrogen and oxygen atoms in total. The standard InChI is InChI=1S/C16H17N5O4/c17-13-10-15(20-14(19-13)8-4-2-1-3-5-8)21(7-18-10)16-12(24)11(23)9(6-22)25-16/h1-5,7,9,11-12,16,22-24H,6H2,(H2,17,19,20). The Kier molecular flexibility index (Phi) is 3.85. The number of nitrogen functional groups attached to an aromatic ring is 1. The minimum absolute atomic E-state index is 0.203. The molecule has 5 N–H and O–H groups in total. The molecule has 1 aliphatic heterocycles. The monoisotopic (exact) mass is 343 g/mol. The first-order valence-corrected chi connectivity index (χ1v) is 7.78. The molecule has 1 aliphatic rings. The summed E-state index contributed by atoms with van der Waals surface area (Å²) in [6.07, 6.45) is -2.84. The third-order valence-electron chi connectivity index (χ3n) is 4.27. The lowest BCUT2D eigenvalue weighted by atomic mass is 10.1. The number of aromatic nitrogens is 4. The van der Waals surface area contributed by atoms with Gasteiger partial charge in [-0.15, -0.1) is 0 Å². The average Bonchev–Trinajstić information content (AvgIpc) is 3.18. The number of aliphatic hydroxyl groups is 3. The average molecular weight is 343 g/mol. The quantitative estimate of drug-likeness (QED) is 0.508. The summed E-state index contributed by atoms with van der Waals surface area (Å²) < 4.78 is 7.03. The molecule has 25 heavy (non-hydrogen) atoms. The normalized spacial score (nSPS) is 26.4. The lowest BCUT2D eigenvalue weighted by Crippen LogP contribution is -2.33. The second-order valence-electron chi connectivity index (χ2n) is 5.85. The minimum Gasteiger partial charge on any atom is -0.394 e. The summed E-state index contributed by atoms with van der Waals surface area (Å²) in [7, 11) is 0. The first-order valence-electron chi connectivity index (χ1n) is 7.78. The van der Waals surface area contributed by atoms with Crippen molar-refractivity contribution < 1.29 is 20.1 Å². The highest BCUT2D eigenvalue weighted by molar-refractivity contribution is 5.83. The molecule has 130 valence electrons. The van der Waals surface area contributed by atoms with E-state index in [1.807, 2.05) is 30.3 Å². The number of anilines is 1. The number of benzene rings is 1. The van der Waals surface area contributed by atoms with E-state index in [0.717, 1.165) is 5.56 Å². The van der Waals surface area contributed by atoms with Crippen LogP contribution in [0, 0.1) is 0 Å². The van der Waals surface area contributed by atoms with E-state index in [9.17, 15) is 15.3 Å². The van der Waals surface area contributed by atoms with Gasteiger partial charge >= 0.3 is 0 Å². The number of hydrogen-bond acceptors (Lipinski definition) is 8. The number of hydrogen-bond donors (Lipinski definition) is 4. The maximum atomic E-state index is 10.2. The summed E-state index contributed by atoms with van der Waals surface area (Å²) in [6.45, 7) is -0.409. The highest BCUT2D eigenvalue weighted by Gasteiger charge is 2.44. The molecule has 4 atom stereocenters. The Labute approximate surface area is 142 Å². The molecule has 0 spiro atoms. The van der Waals surface area contributed by atoms with Gasteiger partial charge in [-0.2, -0.15) is 0 Å². The summed E-state index contributed by atoms with van der Waals surface area (Å²) in [4.78, 5) is 13.0. The van der Waals surface area contributed by atoms with E-state index in [1.54, 1.807) is 0 Å². The summed E-state index contributed by atoms with van der Waals surface area (Å²) >= 11 is 0. The van der Waals surface area contributed by atoms with Crippen molar-refractivity contribution in [3.63, 3.8) is 0 Å². The summed E-state index contributed by atoms with van der Waals surface area (Å²) in [5, 5.41) is 29.4. The van der Waals surface area contributed by atoms with Crippen molar-refractivity contribution in [2.75, 3.05) is 12.3 Å². The molecule has 3 heterocycles. The van der Waals surface area contributed by atoms with Gasteiger partial charge in [-0.3, -0.25) is 4.57 Å². The molecule has 0 radical (unpaired) electrons. The molecular formula is C16H17N5O4. The Morgan fingerprint density at radius 3 is 2.56 bits per heavy atom. The van der Waals surface area contributed by atoms with Gasteiger partial charge in [-0.25, -0.2) is 15.0 Å². The van der Waals surface area contributed by atoms with Crippen molar-refractivity contribution in [1.29, 1.82) is 0 Å². The van der Waals surface area contributed by atoms with Crippen LogP contribution in [0.5, 0.6) is 0 Å². The Morgan fingerprint density at radius 1 is 1.12 bits per heavy atom. The molecule has 3 aromatic rings. The van der Waals surface area contributed by atoms with Gasteiger partial charge < -0.3 is 25.8 Å². The van der Waals surface area contributed by atoms with Crippen LogP contribution in [0.15, 0.2) is 36.7 Å². The Hall–Kier alpha value is -2.59. The van der Waals surface area contributed by atoms with Crippen molar-refractivity contribution in [1.82, 2.24) is 19.5 Å². The van der Waals surface area contributed by atoms with E-state index in [2.05, 4.69) is 15.0 Å². The van der Waals surface area contributed by atoms with Crippen LogP contribution in [0.1, 0.15) is 6.23 Å². The van der Waals surface area contributed by atoms with Crippen molar-refractivity contribution in [3.8, 4) is 11.4 Å². The van der Waals surface area contributed by atoms with Crippen LogP contribution in [-0.4, -0.2) is 59.8 Å². The van der Waals surface area contributed by atoms with Gasteiger partial charge in [0, 0.05) is 5.56 Å². The van der Waals surface area contributed by atoms with Crippen LogP contribution in [-0.2, 0) is 4.74 Å². The van der Waals surface area contributed by atoms with Crippen molar-refractivity contribution in [2.45, 2.75) is 24.5 Å². The second kappa shape index (κ2) is 6.05. The molecule has 1 saturated heterocycles. The number of rotatable bonds is 3. The second-order valence-corrected chi connectivity index (χ2v) is 5.85. The van der Waals surface area contributed by atoms with Gasteiger partial charge in [0.2, 0.25) is 0 Å². The molecule has 0 aliphatic carbocycles. The van der Waals surface area contributed by atoms with Crippen molar-refractivity contribution in [2.24, 2.45) is 0 Å². The van der Waals surface area contributed by atoms with Crippen LogP contribution in [0.25, 0.3) is 22.6 Å². The molecule has 4 rings (SSSR count). The number of ether oxygens (including phenoxy) is 1. The zero-order chi connectivity index (χ0) is 17.6. The Balaban J connectivity index is 1.82. The topological polar surface area (TPSA) is 140 Å². The van der Waals surface area contributed by atoms with Gasteiger partial charge in [0.25, 0.3) is 0 Å². The maximum absolute atomic E-state index is 10.2. The van der Waals surface area contributed by atoms with E-state index in [1.165, 1.54) is 10.9 Å². The van der Waals surface area contributed by atoms with E-state index in [4.69, 9.17) is 10.5 Å². The van der Waals surface area contributed by atoms with Gasteiger partial charge in [0.15, 0.2) is 23.5 Å². The van der Waals surface area contributed by atoms with E-state index in [0.29, 0.717) is 17.0 Å². The van der Waals surface area contributed by atoms with Crippen LogP contribution in [0.4, 0.5) is 5.82 Å². The first kappa shape index (κ1) is 15.9. The molecule has 4 unspecified atom stereocenters. The third kappa shape index (κ3) is 2.53. The number of fused-ring (bicyclic) bond motifs is 1. The molecule has 1 aromatic carbocycles. The third-order valence-corrected chi connectivity index (χ3v) is 4.27. The number of nitrogens with zero attached hydrogens (tertiary/aromatic N) is 4. The minimum atomic E-state index is -1.23. The zero-order valence-corrected chi connectivity index (χ0v) is 13.1. The smallest absolute Gasteiger partial charge is 0.168 e. The maximum Gasteiger partial charge on any atom is 0.168 e. The Morgan fingerprint density at radius 2 is 1.88 bits per heavy atom. The SMILES string of the molecule is Nc1nc(-c2ccccc2)nc2c1ncn2C1OC(CO)C(O)C1O. The molecule has 2 aromatic heterocycles. The van der Waals surface area contributed by atoms with Crippen LogP contribution in [0.2, 0.25) is 0 Å². The van der Waals surface area contributed by atoms with Gasteiger partial charge in [-0.05, 0) is 0 Å². The predicted octanol–water partition coefficient (Wildman–Crippen LogP) is -0.313. The van der Waals surface area contributed by atoms with E-state index >= 15 is 0 Å². The van der Waals surface area contributed by atoms with Gasteiger partial charge in [0.05, 0.1) is 12.9 Å². The molecule has 1 fully saturated rings. The highest BCUT2D eigenvalue weighted by Crippen LogP contribution is 2.32. The number of nitrogens with two attached hydrogens (primary N) is 1. The predicted molar refractivity (Wildman–Crippen MR) is 88.2 cm³/mol. The fourth-order valence-corrected chi connectivity index (χ4v) is 2.95. The molecule has 0 bridgehead atoms. The summed E-state index contributed by atoms with van der Waals surface area (Å²) in [6, 6.07) is 9.32. The number of aliphatic hydroxyl groups excluding tert-OH is 3. The fraction of sp³-hybridized carbons (Fsp3) is 0.312. The van der Waals surface area contributed by atoms with E-state index < -0.39 is 31.1 Å². The molecular weight excluding hydrogens is 326 g/mol. The largest absolute Gasteiger partial charge is 0.394 e. The zero-order valence-electron chi connectivity index (χ0n) is 13.1. The fourth-order valence-electron chi connectivity index (χ4n) is 2.95. The van der Waals surface area contributed by atoms with Gasteiger partial charge in [0.1, 0.15) is 23.8 Å². The van der Waals surface area contributed by atoms with Gasteiger partial charge in [-0.1, -0.05) is 30.3 Å². The van der Waals surface area contributed by atoms with E-state index in [-0.39, 0.29) is 5.82 Å². The van der Waals surface area contributed by atoms with Crippen molar-refractivity contribution in [3.05, 3.63) is 36.7 Å². The highest BCUT2D eigenvalue weighted by atomic mass is 16.6. The molecule has 0 saturated carbocycles. The van der Waals surface area contributed by atoms with Crippen molar-refractivity contribution >= 4 is 17.0 Å².